The number of hydrogen-bond acceptors (Lipinski definition) is 6. The fraction of sp³-hybridized carbons (Fsp3) is 0.192. The number of fused-ring (bicyclic) bond motifs is 1. The predicted octanol–water partition coefficient (Wildman–Crippen LogP) is 5.01. The number of hydrogen-bond donors (Lipinski definition) is 0. The average Bonchev–Trinajstić information content (AvgIpc) is 2.81. The van der Waals surface area contributed by atoms with Crippen LogP contribution in [0.3, 0.4) is 0 Å². The molecule has 0 radical (unpaired) electrons. The standard InChI is InChI=1S/C26H25N3O4/c1-27(2)19-9-5-17(6-10-19)25(18-7-11-20(12-8-18)28(3)4)23-16-33-24-14-13-21(29(31)32)15-22(24)26(23)30/h5-16,25H,1-4H3. The van der Waals surface area contributed by atoms with Crippen molar-refractivity contribution >= 4 is 28.0 Å². The number of benzene rings is 3. The maximum absolute atomic E-state index is 13.5. The van der Waals surface area contributed by atoms with Gasteiger partial charge in [0.1, 0.15) is 5.58 Å². The third kappa shape index (κ3) is 4.30. The third-order valence-corrected chi connectivity index (χ3v) is 5.79. The van der Waals surface area contributed by atoms with Gasteiger partial charge in [-0.25, -0.2) is 0 Å². The van der Waals surface area contributed by atoms with Crippen molar-refractivity contribution in [3.63, 3.8) is 0 Å². The van der Waals surface area contributed by atoms with Crippen LogP contribution in [0.15, 0.2) is 82.2 Å². The molecule has 0 N–H and O–H groups in total. The van der Waals surface area contributed by atoms with E-state index in [-0.39, 0.29) is 16.5 Å². The lowest BCUT2D eigenvalue weighted by molar-refractivity contribution is -0.384. The molecule has 1 aromatic heterocycles. The quantitative estimate of drug-likeness (QED) is 0.308. The molecular formula is C26H25N3O4. The molecule has 168 valence electrons. The Labute approximate surface area is 191 Å². The topological polar surface area (TPSA) is 79.8 Å². The summed E-state index contributed by atoms with van der Waals surface area (Å²) in [6.45, 7) is 0. The highest BCUT2D eigenvalue weighted by Gasteiger charge is 2.23. The molecule has 1 heterocycles. The Balaban J connectivity index is 1.92. The second-order valence-electron chi connectivity index (χ2n) is 8.36. The van der Waals surface area contributed by atoms with E-state index in [1.165, 1.54) is 24.5 Å². The van der Waals surface area contributed by atoms with E-state index >= 15 is 0 Å². The summed E-state index contributed by atoms with van der Waals surface area (Å²) >= 11 is 0. The first-order chi connectivity index (χ1) is 15.8. The molecule has 0 fully saturated rings. The SMILES string of the molecule is CN(C)c1ccc(C(c2ccc(N(C)C)cc2)c2coc3ccc([N+](=O)[O-])cc3c2=O)cc1. The van der Waals surface area contributed by atoms with E-state index in [1.54, 1.807) is 0 Å². The average molecular weight is 444 g/mol. The van der Waals surface area contributed by atoms with Crippen molar-refractivity contribution in [2.24, 2.45) is 0 Å². The molecule has 0 saturated heterocycles. The van der Waals surface area contributed by atoms with Crippen LogP contribution >= 0.6 is 0 Å². The molecule has 0 bridgehead atoms. The van der Waals surface area contributed by atoms with Gasteiger partial charge in [0.2, 0.25) is 0 Å². The molecule has 0 spiro atoms. The lowest BCUT2D eigenvalue weighted by Gasteiger charge is -2.21. The van der Waals surface area contributed by atoms with Crippen molar-refractivity contribution in [3.05, 3.63) is 110 Å². The van der Waals surface area contributed by atoms with Crippen LogP contribution in [0.4, 0.5) is 17.1 Å². The summed E-state index contributed by atoms with van der Waals surface area (Å²) in [5, 5.41) is 11.5. The van der Waals surface area contributed by atoms with E-state index in [4.69, 9.17) is 4.42 Å². The largest absolute Gasteiger partial charge is 0.464 e. The van der Waals surface area contributed by atoms with Gasteiger partial charge in [-0.1, -0.05) is 24.3 Å². The molecule has 0 aliphatic rings. The lowest BCUT2D eigenvalue weighted by Crippen LogP contribution is -2.16. The highest BCUT2D eigenvalue weighted by molar-refractivity contribution is 5.80. The Morgan fingerprint density at radius 1 is 0.818 bits per heavy atom. The van der Waals surface area contributed by atoms with Gasteiger partial charge >= 0.3 is 0 Å². The molecule has 4 rings (SSSR count). The van der Waals surface area contributed by atoms with Crippen LogP contribution in [0.2, 0.25) is 0 Å². The van der Waals surface area contributed by atoms with Gasteiger partial charge in [0, 0.05) is 63.2 Å². The van der Waals surface area contributed by atoms with Crippen LogP contribution in [0.1, 0.15) is 22.6 Å². The van der Waals surface area contributed by atoms with Crippen LogP contribution in [0.25, 0.3) is 11.0 Å². The van der Waals surface area contributed by atoms with Gasteiger partial charge in [-0.05, 0) is 41.5 Å². The monoisotopic (exact) mass is 443 g/mol. The highest BCUT2D eigenvalue weighted by Crippen LogP contribution is 2.33. The summed E-state index contributed by atoms with van der Waals surface area (Å²) in [5.74, 6) is -0.391. The Hall–Kier alpha value is -4.13. The molecule has 0 unspecified atom stereocenters. The summed E-state index contributed by atoms with van der Waals surface area (Å²) in [6.07, 6.45) is 1.47. The summed E-state index contributed by atoms with van der Waals surface area (Å²) in [4.78, 5) is 28.3. The number of nitro benzene ring substituents is 1. The molecule has 0 atom stereocenters. The summed E-state index contributed by atoms with van der Waals surface area (Å²) < 4.78 is 5.77. The van der Waals surface area contributed by atoms with Crippen molar-refractivity contribution in [1.82, 2.24) is 0 Å². The van der Waals surface area contributed by atoms with Gasteiger partial charge in [0.15, 0.2) is 5.43 Å². The van der Waals surface area contributed by atoms with Gasteiger partial charge < -0.3 is 14.2 Å². The molecule has 33 heavy (non-hydrogen) atoms. The zero-order chi connectivity index (χ0) is 23.7. The molecular weight excluding hydrogens is 418 g/mol. The Morgan fingerprint density at radius 3 is 1.79 bits per heavy atom. The fourth-order valence-electron chi connectivity index (χ4n) is 3.93. The molecule has 0 aliphatic carbocycles. The second-order valence-corrected chi connectivity index (χ2v) is 8.36. The summed E-state index contributed by atoms with van der Waals surface area (Å²) in [7, 11) is 7.88. The van der Waals surface area contributed by atoms with Crippen molar-refractivity contribution < 1.29 is 9.34 Å². The van der Waals surface area contributed by atoms with Gasteiger partial charge in [0.25, 0.3) is 5.69 Å². The van der Waals surface area contributed by atoms with E-state index < -0.39 is 10.8 Å². The number of non-ortho nitro benzene ring substituents is 1. The summed E-state index contributed by atoms with van der Waals surface area (Å²) in [6, 6.07) is 20.1. The van der Waals surface area contributed by atoms with Crippen LogP contribution in [0.5, 0.6) is 0 Å². The van der Waals surface area contributed by atoms with E-state index in [0.29, 0.717) is 11.1 Å². The molecule has 0 amide bonds. The fourth-order valence-corrected chi connectivity index (χ4v) is 3.93. The van der Waals surface area contributed by atoms with E-state index in [1.807, 2.05) is 86.5 Å². The Bertz CT molecular complexity index is 1310. The smallest absolute Gasteiger partial charge is 0.270 e. The van der Waals surface area contributed by atoms with Crippen LogP contribution < -0.4 is 15.2 Å². The van der Waals surface area contributed by atoms with Crippen LogP contribution in [-0.4, -0.2) is 33.1 Å². The first-order valence-electron chi connectivity index (χ1n) is 10.5. The van der Waals surface area contributed by atoms with Crippen molar-refractivity contribution in [2.45, 2.75) is 5.92 Å². The second kappa shape index (κ2) is 8.78. The Kier molecular flexibility index (Phi) is 5.87. The van der Waals surface area contributed by atoms with Gasteiger partial charge in [-0.15, -0.1) is 0 Å². The minimum atomic E-state index is -0.511. The summed E-state index contributed by atoms with van der Waals surface area (Å²) in [5.41, 5.74) is 4.26. The van der Waals surface area contributed by atoms with E-state index in [0.717, 1.165) is 22.5 Å². The highest BCUT2D eigenvalue weighted by atomic mass is 16.6. The number of nitro groups is 1. The number of rotatable bonds is 6. The molecule has 0 aliphatic heterocycles. The van der Waals surface area contributed by atoms with Crippen molar-refractivity contribution in [1.29, 1.82) is 0 Å². The predicted molar refractivity (Wildman–Crippen MR) is 132 cm³/mol. The zero-order valence-corrected chi connectivity index (χ0v) is 19.0. The van der Waals surface area contributed by atoms with Gasteiger partial charge in [-0.2, -0.15) is 0 Å². The van der Waals surface area contributed by atoms with Crippen molar-refractivity contribution in [3.8, 4) is 0 Å². The zero-order valence-electron chi connectivity index (χ0n) is 19.0. The van der Waals surface area contributed by atoms with Crippen molar-refractivity contribution in [2.75, 3.05) is 38.0 Å². The van der Waals surface area contributed by atoms with E-state index in [2.05, 4.69) is 0 Å². The molecule has 7 nitrogen and oxygen atoms in total. The minimum absolute atomic E-state index is 0.144. The molecule has 3 aromatic carbocycles. The minimum Gasteiger partial charge on any atom is -0.464 e. The third-order valence-electron chi connectivity index (χ3n) is 5.79. The molecule has 7 heteroatoms. The maximum atomic E-state index is 13.5. The maximum Gasteiger partial charge on any atom is 0.270 e. The van der Waals surface area contributed by atoms with E-state index in [9.17, 15) is 14.9 Å². The van der Waals surface area contributed by atoms with Gasteiger partial charge in [0.05, 0.1) is 16.6 Å². The Morgan fingerprint density at radius 2 is 1.33 bits per heavy atom. The molecule has 4 aromatic rings. The van der Waals surface area contributed by atoms with Crippen LogP contribution in [0, 0.1) is 10.1 Å². The van der Waals surface area contributed by atoms with Gasteiger partial charge in [-0.3, -0.25) is 14.9 Å². The first kappa shape index (κ1) is 22.1. The normalized spacial score (nSPS) is 11.1. The first-order valence-corrected chi connectivity index (χ1v) is 10.5. The lowest BCUT2D eigenvalue weighted by atomic mass is 9.85. The molecule has 0 saturated carbocycles. The number of nitrogens with zero attached hydrogens (tertiary/aromatic N) is 3. The van der Waals surface area contributed by atoms with Crippen LogP contribution in [-0.2, 0) is 0 Å². The number of anilines is 2.